The smallest absolute Gasteiger partial charge is 0.117 e. The molecule has 1 aliphatic rings. The van der Waals surface area contributed by atoms with Gasteiger partial charge in [-0.3, -0.25) is 5.41 Å². The van der Waals surface area contributed by atoms with Crippen LogP contribution < -0.4 is 5.32 Å². The number of benzene rings is 1. The second-order valence-corrected chi connectivity index (χ2v) is 5.04. The second-order valence-electron chi connectivity index (χ2n) is 5.04. The maximum absolute atomic E-state index is 7.86. The van der Waals surface area contributed by atoms with Crippen LogP contribution in [0.3, 0.4) is 0 Å². The van der Waals surface area contributed by atoms with E-state index in [2.05, 4.69) is 5.32 Å². The third-order valence-corrected chi connectivity index (χ3v) is 3.55. The molecule has 0 heterocycles. The lowest BCUT2D eigenvalue weighted by Gasteiger charge is -2.21. The van der Waals surface area contributed by atoms with E-state index in [1.807, 2.05) is 42.5 Å². The first-order valence-corrected chi connectivity index (χ1v) is 6.90. The van der Waals surface area contributed by atoms with Crippen LogP contribution in [0.1, 0.15) is 37.7 Å². The molecule has 0 spiro atoms. The molecule has 1 aliphatic carbocycles. The van der Waals surface area contributed by atoms with Gasteiger partial charge < -0.3 is 5.32 Å². The van der Waals surface area contributed by atoms with Crippen LogP contribution in [0.15, 0.2) is 36.4 Å². The monoisotopic (exact) mass is 242 g/mol. The van der Waals surface area contributed by atoms with Crippen LogP contribution in [-0.2, 0) is 0 Å². The Kier molecular flexibility index (Phi) is 5.00. The van der Waals surface area contributed by atoms with Crippen molar-refractivity contribution >= 4 is 11.9 Å². The van der Waals surface area contributed by atoms with Gasteiger partial charge in [-0.25, -0.2) is 0 Å². The van der Waals surface area contributed by atoms with Gasteiger partial charge >= 0.3 is 0 Å². The zero-order chi connectivity index (χ0) is 12.6. The van der Waals surface area contributed by atoms with Crippen LogP contribution in [0.2, 0.25) is 0 Å². The van der Waals surface area contributed by atoms with Gasteiger partial charge in [-0.05, 0) is 30.4 Å². The normalized spacial score (nSPS) is 16.9. The van der Waals surface area contributed by atoms with Crippen LogP contribution in [-0.4, -0.2) is 12.4 Å². The van der Waals surface area contributed by atoms with Crippen molar-refractivity contribution in [1.29, 1.82) is 5.41 Å². The van der Waals surface area contributed by atoms with Crippen LogP contribution in [0, 0.1) is 11.3 Å². The third kappa shape index (κ3) is 4.36. The van der Waals surface area contributed by atoms with Crippen molar-refractivity contribution < 1.29 is 0 Å². The molecular weight excluding hydrogens is 220 g/mol. The average molecular weight is 242 g/mol. The highest BCUT2D eigenvalue weighted by Gasteiger charge is 2.12. The van der Waals surface area contributed by atoms with Crippen molar-refractivity contribution in [3.8, 4) is 0 Å². The van der Waals surface area contributed by atoms with E-state index in [0.717, 1.165) is 18.0 Å². The van der Waals surface area contributed by atoms with Crippen molar-refractivity contribution in [2.45, 2.75) is 32.1 Å². The molecule has 0 saturated heterocycles. The number of hydrogen-bond donors (Lipinski definition) is 2. The van der Waals surface area contributed by atoms with E-state index in [1.165, 1.54) is 32.1 Å². The van der Waals surface area contributed by atoms with Gasteiger partial charge in [0.05, 0.1) is 0 Å². The van der Waals surface area contributed by atoms with Crippen molar-refractivity contribution in [3.05, 3.63) is 42.0 Å². The molecule has 1 fully saturated rings. The van der Waals surface area contributed by atoms with Crippen LogP contribution in [0.25, 0.3) is 6.08 Å². The fourth-order valence-corrected chi connectivity index (χ4v) is 2.45. The van der Waals surface area contributed by atoms with E-state index in [-0.39, 0.29) is 0 Å². The maximum atomic E-state index is 7.86. The molecule has 2 rings (SSSR count). The predicted octanol–water partition coefficient (Wildman–Crippen LogP) is 3.85. The Hall–Kier alpha value is -1.57. The van der Waals surface area contributed by atoms with Crippen molar-refractivity contribution in [2.75, 3.05) is 6.54 Å². The Morgan fingerprint density at radius 1 is 1.17 bits per heavy atom. The van der Waals surface area contributed by atoms with E-state index in [9.17, 15) is 0 Å². The summed E-state index contributed by atoms with van der Waals surface area (Å²) in [6, 6.07) is 10.1. The Balaban J connectivity index is 1.73. The molecule has 0 aromatic heterocycles. The highest BCUT2D eigenvalue weighted by Crippen LogP contribution is 2.22. The van der Waals surface area contributed by atoms with E-state index in [4.69, 9.17) is 5.41 Å². The quantitative estimate of drug-likeness (QED) is 0.610. The van der Waals surface area contributed by atoms with Crippen LogP contribution in [0.5, 0.6) is 0 Å². The molecule has 1 saturated carbocycles. The Bertz CT molecular complexity index is 389. The Morgan fingerprint density at radius 2 is 1.89 bits per heavy atom. The molecule has 2 N–H and O–H groups in total. The summed E-state index contributed by atoms with van der Waals surface area (Å²) < 4.78 is 0. The first-order chi connectivity index (χ1) is 8.84. The summed E-state index contributed by atoms with van der Waals surface area (Å²) in [5.41, 5.74) is 1.14. The standard InChI is InChI=1S/C16H22N2/c17-16(12-11-14-7-3-1-4-8-14)18-13-15-9-5-2-6-10-15/h1,3-4,7-8,11-12,15H,2,5-6,9-10,13H2,(H2,17,18)/b12-11+. The lowest BCUT2D eigenvalue weighted by molar-refractivity contribution is 0.357. The summed E-state index contributed by atoms with van der Waals surface area (Å²) in [5.74, 6) is 1.29. The fraction of sp³-hybridized carbons (Fsp3) is 0.438. The van der Waals surface area contributed by atoms with E-state index < -0.39 is 0 Å². The van der Waals surface area contributed by atoms with E-state index >= 15 is 0 Å². The first kappa shape index (κ1) is 12.9. The van der Waals surface area contributed by atoms with Gasteiger partial charge in [0.2, 0.25) is 0 Å². The highest BCUT2D eigenvalue weighted by molar-refractivity contribution is 5.93. The molecule has 0 amide bonds. The van der Waals surface area contributed by atoms with Gasteiger partial charge in [0.1, 0.15) is 5.84 Å². The minimum Gasteiger partial charge on any atom is -0.370 e. The van der Waals surface area contributed by atoms with Gasteiger partial charge in [0.15, 0.2) is 0 Å². The number of nitrogens with one attached hydrogen (secondary N) is 2. The van der Waals surface area contributed by atoms with Crippen LogP contribution in [0.4, 0.5) is 0 Å². The molecule has 0 atom stereocenters. The molecule has 18 heavy (non-hydrogen) atoms. The number of rotatable bonds is 4. The lowest BCUT2D eigenvalue weighted by atomic mass is 9.89. The lowest BCUT2D eigenvalue weighted by Crippen LogP contribution is -2.28. The van der Waals surface area contributed by atoms with Crippen LogP contribution >= 0.6 is 0 Å². The second kappa shape index (κ2) is 7.00. The van der Waals surface area contributed by atoms with Gasteiger partial charge in [-0.1, -0.05) is 55.7 Å². The molecule has 0 unspecified atom stereocenters. The molecule has 2 nitrogen and oxygen atoms in total. The third-order valence-electron chi connectivity index (χ3n) is 3.55. The molecule has 2 heteroatoms. The van der Waals surface area contributed by atoms with Gasteiger partial charge in [-0.2, -0.15) is 0 Å². The first-order valence-electron chi connectivity index (χ1n) is 6.90. The molecular formula is C16H22N2. The van der Waals surface area contributed by atoms with Gasteiger partial charge in [0, 0.05) is 6.54 Å². The molecule has 96 valence electrons. The summed E-state index contributed by atoms with van der Waals surface area (Å²) >= 11 is 0. The average Bonchev–Trinajstić information content (AvgIpc) is 2.45. The summed E-state index contributed by atoms with van der Waals surface area (Å²) in [4.78, 5) is 0. The van der Waals surface area contributed by atoms with Gasteiger partial charge in [-0.15, -0.1) is 0 Å². The fourth-order valence-electron chi connectivity index (χ4n) is 2.45. The molecule has 1 aromatic carbocycles. The van der Waals surface area contributed by atoms with Crippen molar-refractivity contribution in [3.63, 3.8) is 0 Å². The molecule has 0 bridgehead atoms. The predicted molar refractivity (Wildman–Crippen MR) is 77.8 cm³/mol. The SMILES string of the molecule is N=C(/C=C/c1ccccc1)NCC1CCCCC1. The number of hydrogen-bond acceptors (Lipinski definition) is 1. The topological polar surface area (TPSA) is 35.9 Å². The summed E-state index contributed by atoms with van der Waals surface area (Å²) in [6.45, 7) is 0.956. The van der Waals surface area contributed by atoms with Crippen molar-refractivity contribution in [2.24, 2.45) is 5.92 Å². The minimum absolute atomic E-state index is 0.518. The summed E-state index contributed by atoms with van der Waals surface area (Å²) in [5, 5.41) is 11.1. The maximum Gasteiger partial charge on any atom is 0.117 e. The largest absolute Gasteiger partial charge is 0.370 e. The van der Waals surface area contributed by atoms with Gasteiger partial charge in [0.25, 0.3) is 0 Å². The van der Waals surface area contributed by atoms with E-state index in [1.54, 1.807) is 0 Å². The highest BCUT2D eigenvalue weighted by atomic mass is 14.9. The zero-order valence-electron chi connectivity index (χ0n) is 10.9. The molecule has 0 aliphatic heterocycles. The van der Waals surface area contributed by atoms with E-state index in [0.29, 0.717) is 5.84 Å². The summed E-state index contributed by atoms with van der Waals surface area (Å²) in [7, 11) is 0. The Morgan fingerprint density at radius 3 is 2.61 bits per heavy atom. The summed E-state index contributed by atoms with van der Waals surface area (Å²) in [6.07, 6.45) is 10.6. The molecule has 1 aromatic rings. The molecule has 0 radical (unpaired) electrons. The zero-order valence-corrected chi connectivity index (χ0v) is 10.9. The minimum atomic E-state index is 0.518. The van der Waals surface area contributed by atoms with Crippen molar-refractivity contribution in [1.82, 2.24) is 5.32 Å². The number of amidine groups is 1. The Labute approximate surface area is 110 Å².